The molecule has 1 atom stereocenters. The highest BCUT2D eigenvalue weighted by atomic mass is 32.1. The number of nitrogens with zero attached hydrogens (tertiary/aromatic N) is 2. The first-order valence-electron chi connectivity index (χ1n) is 11.0. The third-order valence-corrected chi connectivity index (χ3v) is 6.54. The lowest BCUT2D eigenvalue weighted by atomic mass is 10.0. The summed E-state index contributed by atoms with van der Waals surface area (Å²) in [5.41, 5.74) is 1.59. The van der Waals surface area contributed by atoms with Crippen molar-refractivity contribution >= 4 is 29.0 Å². The number of fused-ring (bicyclic) bond motifs is 1. The molecule has 5 rings (SSSR count). The second kappa shape index (κ2) is 8.87. The van der Waals surface area contributed by atoms with Gasteiger partial charge in [0.05, 0.1) is 29.7 Å². The highest BCUT2D eigenvalue weighted by Gasteiger charge is 2.30. The molecule has 1 aliphatic rings. The van der Waals surface area contributed by atoms with E-state index in [1.807, 2.05) is 29.2 Å². The number of aromatic amines is 1. The Labute approximate surface area is 200 Å². The van der Waals surface area contributed by atoms with Crippen LogP contribution in [0.4, 0.5) is 4.39 Å². The molecule has 4 aromatic rings. The second-order valence-electron chi connectivity index (χ2n) is 8.21. The van der Waals surface area contributed by atoms with Crippen LogP contribution in [-0.2, 0) is 0 Å². The summed E-state index contributed by atoms with van der Waals surface area (Å²) < 4.78 is 20.8. The molecule has 0 aliphatic carbocycles. The average molecular weight is 476 g/mol. The normalized spacial score (nSPS) is 15.6. The van der Waals surface area contributed by atoms with Gasteiger partial charge in [-0.3, -0.25) is 9.59 Å². The van der Waals surface area contributed by atoms with Gasteiger partial charge in [-0.1, -0.05) is 24.3 Å². The molecule has 1 aliphatic heterocycles. The van der Waals surface area contributed by atoms with Crippen LogP contribution >= 0.6 is 12.2 Å². The molecule has 0 spiro atoms. The highest BCUT2D eigenvalue weighted by molar-refractivity contribution is 7.71. The molecule has 6 nitrogen and oxygen atoms in total. The highest BCUT2D eigenvalue weighted by Crippen LogP contribution is 2.34. The number of methoxy groups -OCH3 is 1. The molecule has 0 saturated carbocycles. The number of benzene rings is 3. The number of likely N-dealkylation sites (tertiary alicyclic amines) is 1. The Morgan fingerprint density at radius 1 is 1.12 bits per heavy atom. The number of H-pyrrole nitrogens is 1. The maximum atomic E-state index is 14.3. The standard InChI is InChI=1S/C26H22FN3O3S/c1-33-18-11-8-16(9-12-18)22-7-4-14-29(22)24(31)17-10-13-19-21(15-17)28-26(34)30(25(19)32)23-6-3-2-5-20(23)27/h2-3,5-6,8-13,15,22H,4,7,14H2,1H3,(H,28,34). The molecular weight excluding hydrogens is 453 g/mol. The van der Waals surface area contributed by atoms with Crippen molar-refractivity contribution in [2.45, 2.75) is 18.9 Å². The van der Waals surface area contributed by atoms with Crippen molar-refractivity contribution in [3.05, 3.63) is 98.8 Å². The van der Waals surface area contributed by atoms with E-state index in [1.54, 1.807) is 37.4 Å². The van der Waals surface area contributed by atoms with E-state index < -0.39 is 11.4 Å². The summed E-state index contributed by atoms with van der Waals surface area (Å²) in [6.45, 7) is 0.651. The summed E-state index contributed by atoms with van der Waals surface area (Å²) in [5.74, 6) is 0.108. The number of nitrogens with one attached hydrogen (secondary N) is 1. The van der Waals surface area contributed by atoms with Gasteiger partial charge in [0.15, 0.2) is 4.77 Å². The van der Waals surface area contributed by atoms with Crippen LogP contribution in [0.5, 0.6) is 5.75 Å². The minimum absolute atomic E-state index is 0.0262. The molecule has 1 amide bonds. The Kier molecular flexibility index (Phi) is 5.75. The Hall–Kier alpha value is -3.78. The number of carbonyl (C=O) groups is 1. The number of halogens is 1. The van der Waals surface area contributed by atoms with Gasteiger partial charge in [-0.25, -0.2) is 8.96 Å². The largest absolute Gasteiger partial charge is 0.497 e. The number of ether oxygens (including phenoxy) is 1. The summed E-state index contributed by atoms with van der Waals surface area (Å²) in [7, 11) is 1.62. The number of amides is 1. The fourth-order valence-corrected chi connectivity index (χ4v) is 4.84. The van der Waals surface area contributed by atoms with Crippen LogP contribution in [-0.4, -0.2) is 34.0 Å². The molecule has 1 aromatic heterocycles. The van der Waals surface area contributed by atoms with Gasteiger partial charge in [0.1, 0.15) is 11.6 Å². The number of aromatic nitrogens is 2. The van der Waals surface area contributed by atoms with Gasteiger partial charge in [0, 0.05) is 12.1 Å². The second-order valence-corrected chi connectivity index (χ2v) is 8.60. The van der Waals surface area contributed by atoms with Crippen LogP contribution in [0.1, 0.15) is 34.8 Å². The predicted molar refractivity (Wildman–Crippen MR) is 131 cm³/mol. The zero-order valence-corrected chi connectivity index (χ0v) is 19.3. The predicted octanol–water partition coefficient (Wildman–Crippen LogP) is 5.17. The zero-order chi connectivity index (χ0) is 23.8. The smallest absolute Gasteiger partial charge is 0.266 e. The minimum atomic E-state index is -0.547. The van der Waals surface area contributed by atoms with E-state index in [4.69, 9.17) is 17.0 Å². The van der Waals surface area contributed by atoms with Gasteiger partial charge in [-0.05, 0) is 73.1 Å². The lowest BCUT2D eigenvalue weighted by Crippen LogP contribution is -2.30. The SMILES string of the molecule is COc1ccc(C2CCCN2C(=O)c2ccc3c(=O)n(-c4ccccc4F)c(=S)[nH]c3c2)cc1. The third-order valence-electron chi connectivity index (χ3n) is 6.25. The number of hydrogen-bond donors (Lipinski definition) is 1. The molecule has 1 fully saturated rings. The Morgan fingerprint density at radius 3 is 2.62 bits per heavy atom. The van der Waals surface area contributed by atoms with E-state index in [2.05, 4.69) is 4.98 Å². The summed E-state index contributed by atoms with van der Waals surface area (Å²) in [5, 5.41) is 0.321. The van der Waals surface area contributed by atoms with Crippen molar-refractivity contribution in [3.8, 4) is 11.4 Å². The third kappa shape index (κ3) is 3.80. The fraction of sp³-hybridized carbons (Fsp3) is 0.192. The van der Waals surface area contributed by atoms with E-state index in [0.29, 0.717) is 23.0 Å². The van der Waals surface area contributed by atoms with Crippen LogP contribution in [0.2, 0.25) is 0 Å². The first kappa shape index (κ1) is 22.0. The van der Waals surface area contributed by atoms with Gasteiger partial charge in [-0.2, -0.15) is 0 Å². The van der Waals surface area contributed by atoms with Crippen LogP contribution in [0, 0.1) is 10.6 Å². The first-order chi connectivity index (χ1) is 16.5. The molecule has 0 radical (unpaired) electrons. The average Bonchev–Trinajstić information content (AvgIpc) is 3.34. The van der Waals surface area contributed by atoms with Crippen molar-refractivity contribution in [1.29, 1.82) is 0 Å². The van der Waals surface area contributed by atoms with E-state index in [0.717, 1.165) is 28.7 Å². The Balaban J connectivity index is 1.51. The summed E-state index contributed by atoms with van der Waals surface area (Å²) >= 11 is 5.36. The van der Waals surface area contributed by atoms with Gasteiger partial charge >= 0.3 is 0 Å². The van der Waals surface area contributed by atoms with Gasteiger partial charge < -0.3 is 14.6 Å². The number of carbonyl (C=O) groups excluding carboxylic acids is 1. The number of para-hydroxylation sites is 1. The van der Waals surface area contributed by atoms with Crippen molar-refractivity contribution in [1.82, 2.24) is 14.5 Å². The fourth-order valence-electron chi connectivity index (χ4n) is 4.55. The van der Waals surface area contributed by atoms with Gasteiger partial charge in [-0.15, -0.1) is 0 Å². The van der Waals surface area contributed by atoms with E-state index in [9.17, 15) is 14.0 Å². The van der Waals surface area contributed by atoms with Crippen LogP contribution in [0.15, 0.2) is 71.5 Å². The molecule has 8 heteroatoms. The zero-order valence-electron chi connectivity index (χ0n) is 18.5. The van der Waals surface area contributed by atoms with Crippen LogP contribution in [0.3, 0.4) is 0 Å². The van der Waals surface area contributed by atoms with Gasteiger partial charge in [0.2, 0.25) is 0 Å². The lowest BCUT2D eigenvalue weighted by molar-refractivity contribution is 0.0736. The van der Waals surface area contributed by atoms with Crippen molar-refractivity contribution in [3.63, 3.8) is 0 Å². The molecule has 34 heavy (non-hydrogen) atoms. The van der Waals surface area contributed by atoms with Crippen molar-refractivity contribution < 1.29 is 13.9 Å². The topological polar surface area (TPSA) is 67.3 Å². The number of hydrogen-bond acceptors (Lipinski definition) is 4. The molecule has 0 bridgehead atoms. The van der Waals surface area contributed by atoms with Crippen molar-refractivity contribution in [2.75, 3.05) is 13.7 Å². The van der Waals surface area contributed by atoms with E-state index in [1.165, 1.54) is 12.1 Å². The maximum Gasteiger partial charge on any atom is 0.266 e. The lowest BCUT2D eigenvalue weighted by Gasteiger charge is -2.25. The summed E-state index contributed by atoms with van der Waals surface area (Å²) in [4.78, 5) is 31.4. The maximum absolute atomic E-state index is 14.3. The quantitative estimate of drug-likeness (QED) is 0.414. The Morgan fingerprint density at radius 2 is 1.88 bits per heavy atom. The molecular formula is C26H22FN3O3S. The van der Waals surface area contributed by atoms with Gasteiger partial charge in [0.25, 0.3) is 11.5 Å². The summed E-state index contributed by atoms with van der Waals surface area (Å²) in [6, 6.07) is 18.6. The molecule has 1 unspecified atom stereocenters. The number of rotatable bonds is 4. The monoisotopic (exact) mass is 475 g/mol. The minimum Gasteiger partial charge on any atom is -0.497 e. The van der Waals surface area contributed by atoms with Crippen LogP contribution < -0.4 is 10.3 Å². The van der Waals surface area contributed by atoms with Crippen LogP contribution in [0.25, 0.3) is 16.6 Å². The Bertz CT molecular complexity index is 1510. The summed E-state index contributed by atoms with van der Waals surface area (Å²) in [6.07, 6.45) is 1.78. The first-order valence-corrected chi connectivity index (χ1v) is 11.4. The molecule has 3 aromatic carbocycles. The van der Waals surface area contributed by atoms with E-state index in [-0.39, 0.29) is 22.4 Å². The van der Waals surface area contributed by atoms with E-state index >= 15 is 0 Å². The molecule has 172 valence electrons. The molecule has 1 N–H and O–H groups in total. The molecule has 2 heterocycles. The molecule has 1 saturated heterocycles. The van der Waals surface area contributed by atoms with Crippen molar-refractivity contribution in [2.24, 2.45) is 0 Å².